The summed E-state index contributed by atoms with van der Waals surface area (Å²) in [6.07, 6.45) is 4.20. The van der Waals surface area contributed by atoms with Crippen LogP contribution in [0.15, 0.2) is 0 Å². The van der Waals surface area contributed by atoms with Gasteiger partial charge in [0.1, 0.15) is 0 Å². The van der Waals surface area contributed by atoms with Crippen molar-refractivity contribution in [3.8, 4) is 0 Å². The van der Waals surface area contributed by atoms with E-state index in [1.54, 1.807) is 0 Å². The summed E-state index contributed by atoms with van der Waals surface area (Å²) in [4.78, 5) is 4.94. The molecule has 2 saturated heterocycles. The van der Waals surface area contributed by atoms with Gasteiger partial charge in [-0.2, -0.15) is 0 Å². The van der Waals surface area contributed by atoms with E-state index in [4.69, 9.17) is 4.74 Å². The minimum atomic E-state index is -0.767. The molecule has 1 atom stereocenters. The number of hydrogen-bond donors (Lipinski definition) is 1. The van der Waals surface area contributed by atoms with E-state index in [0.717, 1.165) is 56.6 Å². The summed E-state index contributed by atoms with van der Waals surface area (Å²) < 4.78 is 17.7. The molecule has 6 heteroatoms. The number of ether oxygens (including phenoxy) is 1. The Hall–Kier alpha value is -0.0100. The van der Waals surface area contributed by atoms with Crippen LogP contribution >= 0.6 is 0 Å². The van der Waals surface area contributed by atoms with Gasteiger partial charge in [0.2, 0.25) is 0 Å². The van der Waals surface area contributed by atoms with Gasteiger partial charge in [-0.25, -0.2) is 0 Å². The van der Waals surface area contributed by atoms with Crippen LogP contribution in [0, 0.1) is 11.3 Å². The number of aliphatic hydroxyl groups is 1. The Bertz CT molecular complexity index is 430. The predicted molar refractivity (Wildman–Crippen MR) is 97.6 cm³/mol. The summed E-state index contributed by atoms with van der Waals surface area (Å²) in [7, 11) is 1.43. The van der Waals surface area contributed by atoms with Gasteiger partial charge in [0.05, 0.1) is 19.3 Å². The topological polar surface area (TPSA) is 53.0 Å². The second-order valence-electron chi connectivity index (χ2n) is 8.61. The molecule has 0 bridgehead atoms. The zero-order chi connectivity index (χ0) is 17.2. The lowest BCUT2D eigenvalue weighted by atomic mass is 9.86. The first-order valence-corrected chi connectivity index (χ1v) is 11.0. The quantitative estimate of drug-likeness (QED) is 0.700. The molecule has 140 valence electrons. The second kappa shape index (κ2) is 8.12. The van der Waals surface area contributed by atoms with E-state index in [0.29, 0.717) is 6.04 Å². The highest BCUT2D eigenvalue weighted by atomic mass is 32.2. The smallest absolute Gasteiger partial charge is 0.0570 e. The van der Waals surface area contributed by atoms with E-state index >= 15 is 0 Å². The summed E-state index contributed by atoms with van der Waals surface area (Å²) in [5, 5.41) is 9.67. The maximum atomic E-state index is 12.5. The molecule has 2 aliphatic heterocycles. The fraction of sp³-hybridized carbons (Fsp3) is 1.00. The molecule has 0 spiro atoms. The number of likely N-dealkylation sites (tertiary alicyclic amines) is 1. The lowest BCUT2D eigenvalue weighted by Gasteiger charge is -2.43. The number of piperidine rings is 1. The van der Waals surface area contributed by atoms with Gasteiger partial charge in [0.15, 0.2) is 0 Å². The third kappa shape index (κ3) is 5.01. The van der Waals surface area contributed by atoms with Crippen LogP contribution in [0.3, 0.4) is 0 Å². The first-order valence-electron chi connectivity index (χ1n) is 9.47. The molecule has 3 aliphatic rings. The van der Waals surface area contributed by atoms with Crippen LogP contribution < -0.4 is 0 Å². The van der Waals surface area contributed by atoms with Crippen molar-refractivity contribution >= 4 is 10.8 Å². The molecule has 1 N–H and O–H groups in total. The summed E-state index contributed by atoms with van der Waals surface area (Å²) in [6, 6.07) is 0.499. The average Bonchev–Trinajstić information content (AvgIpc) is 2.49. The van der Waals surface area contributed by atoms with E-state index in [1.165, 1.54) is 25.9 Å². The largest absolute Gasteiger partial charge is 0.393 e. The summed E-state index contributed by atoms with van der Waals surface area (Å²) >= 11 is 0. The fourth-order valence-corrected chi connectivity index (χ4v) is 5.60. The van der Waals surface area contributed by atoms with Gasteiger partial charge >= 0.3 is 0 Å². The maximum absolute atomic E-state index is 12.5. The van der Waals surface area contributed by atoms with Crippen molar-refractivity contribution in [3.05, 3.63) is 0 Å². The Labute approximate surface area is 149 Å². The van der Waals surface area contributed by atoms with Gasteiger partial charge in [0.25, 0.3) is 0 Å². The average molecular weight is 359 g/mol. The first kappa shape index (κ1) is 18.8. The molecule has 1 unspecified atom stereocenters. The van der Waals surface area contributed by atoms with Crippen LogP contribution in [0.4, 0.5) is 0 Å². The Morgan fingerprint density at radius 3 is 2.50 bits per heavy atom. The molecule has 3 fully saturated rings. The standard InChI is InChI=1S/C18H34N2O3S/c1-18(12-23-13-18)14-24(22)8-7-20(16-9-17(21)10-16)11-15-3-5-19(2)6-4-15/h15-17,21H,3-14H2,1-2H3. The van der Waals surface area contributed by atoms with Crippen LogP contribution in [-0.4, -0.2) is 89.2 Å². The van der Waals surface area contributed by atoms with Crippen molar-refractivity contribution in [2.45, 2.75) is 44.8 Å². The molecule has 24 heavy (non-hydrogen) atoms. The van der Waals surface area contributed by atoms with Gasteiger partial charge in [-0.05, 0) is 51.7 Å². The first-order chi connectivity index (χ1) is 11.4. The van der Waals surface area contributed by atoms with Crippen LogP contribution in [0.1, 0.15) is 32.6 Å². The maximum Gasteiger partial charge on any atom is 0.0570 e. The van der Waals surface area contributed by atoms with Crippen LogP contribution in [0.25, 0.3) is 0 Å². The molecule has 0 radical (unpaired) electrons. The SMILES string of the molecule is CN1CCC(CN(CCS(=O)CC2(C)COC2)C2CC(O)C2)CC1. The molecule has 2 heterocycles. The molecule has 0 aromatic carbocycles. The molecular formula is C18H34N2O3S. The fourth-order valence-electron chi connectivity index (χ4n) is 4.07. The molecule has 1 aliphatic carbocycles. The highest BCUT2D eigenvalue weighted by Crippen LogP contribution is 2.29. The van der Waals surface area contributed by atoms with E-state index in [9.17, 15) is 9.32 Å². The monoisotopic (exact) mass is 358 g/mol. The van der Waals surface area contributed by atoms with Crippen LogP contribution in [0.5, 0.6) is 0 Å². The Morgan fingerprint density at radius 2 is 1.96 bits per heavy atom. The minimum absolute atomic E-state index is 0.119. The van der Waals surface area contributed by atoms with Crippen molar-refractivity contribution in [2.75, 3.05) is 57.9 Å². The normalized spacial score (nSPS) is 32.3. The Balaban J connectivity index is 1.46. The summed E-state index contributed by atoms with van der Waals surface area (Å²) in [6.45, 7) is 8.09. The molecule has 1 saturated carbocycles. The van der Waals surface area contributed by atoms with Gasteiger partial charge in [-0.3, -0.25) is 9.11 Å². The van der Waals surface area contributed by atoms with Crippen molar-refractivity contribution in [1.82, 2.24) is 9.80 Å². The van der Waals surface area contributed by atoms with Gasteiger partial charge in [-0.15, -0.1) is 0 Å². The second-order valence-corrected chi connectivity index (χ2v) is 10.2. The van der Waals surface area contributed by atoms with Gasteiger partial charge in [-0.1, -0.05) is 6.92 Å². The summed E-state index contributed by atoms with van der Waals surface area (Å²) in [5.41, 5.74) is 0.135. The van der Waals surface area contributed by atoms with E-state index < -0.39 is 10.8 Å². The third-order valence-electron chi connectivity index (χ3n) is 5.95. The van der Waals surface area contributed by atoms with Crippen molar-refractivity contribution in [2.24, 2.45) is 11.3 Å². The number of hydrogen-bond acceptors (Lipinski definition) is 5. The Morgan fingerprint density at radius 1 is 1.29 bits per heavy atom. The zero-order valence-electron chi connectivity index (χ0n) is 15.3. The zero-order valence-corrected chi connectivity index (χ0v) is 16.1. The van der Waals surface area contributed by atoms with E-state index in [-0.39, 0.29) is 11.5 Å². The summed E-state index contributed by atoms with van der Waals surface area (Å²) in [5.74, 6) is 2.28. The van der Waals surface area contributed by atoms with Crippen molar-refractivity contribution in [1.29, 1.82) is 0 Å². The number of rotatable bonds is 8. The molecule has 0 aromatic rings. The molecular weight excluding hydrogens is 324 g/mol. The van der Waals surface area contributed by atoms with E-state index in [1.807, 2.05) is 0 Å². The molecule has 0 aromatic heterocycles. The van der Waals surface area contributed by atoms with Crippen molar-refractivity contribution in [3.63, 3.8) is 0 Å². The Kier molecular flexibility index (Phi) is 6.35. The van der Waals surface area contributed by atoms with Crippen molar-refractivity contribution < 1.29 is 14.1 Å². The number of nitrogens with zero attached hydrogens (tertiary/aromatic N) is 2. The highest BCUT2D eigenvalue weighted by Gasteiger charge is 2.36. The van der Waals surface area contributed by atoms with Crippen LogP contribution in [-0.2, 0) is 15.5 Å². The lowest BCUT2D eigenvalue weighted by molar-refractivity contribution is -0.0866. The van der Waals surface area contributed by atoms with Gasteiger partial charge < -0.3 is 14.7 Å². The highest BCUT2D eigenvalue weighted by molar-refractivity contribution is 7.85. The third-order valence-corrected chi connectivity index (χ3v) is 7.61. The van der Waals surface area contributed by atoms with E-state index in [2.05, 4.69) is 23.8 Å². The molecule has 0 amide bonds. The minimum Gasteiger partial charge on any atom is -0.393 e. The number of aliphatic hydroxyl groups excluding tert-OH is 1. The lowest BCUT2D eigenvalue weighted by Crippen LogP contribution is -2.51. The van der Waals surface area contributed by atoms with Gasteiger partial charge in [0, 0.05) is 46.9 Å². The predicted octanol–water partition coefficient (Wildman–Crippen LogP) is 0.939. The molecule has 5 nitrogen and oxygen atoms in total. The molecule has 3 rings (SSSR count). The van der Waals surface area contributed by atoms with Crippen LogP contribution in [0.2, 0.25) is 0 Å².